The molecule has 0 aromatic rings. The summed E-state index contributed by atoms with van der Waals surface area (Å²) >= 11 is 0. The van der Waals surface area contributed by atoms with Crippen molar-refractivity contribution in [1.29, 1.82) is 0 Å². The molecular formula is C6H6O5. The Hall–Kier alpha value is -1.39. The standard InChI is InChI=1S/C6H6O5/c7-4(6(10)11)2-1-3-5(8)9/h1-2H,3H2,(H,8,9)(H,10,11). The maximum absolute atomic E-state index is 10.2. The number of ketones is 1. The van der Waals surface area contributed by atoms with Crippen molar-refractivity contribution in [3.8, 4) is 0 Å². The number of hydrogen-bond donors (Lipinski definition) is 2. The van der Waals surface area contributed by atoms with E-state index < -0.39 is 17.7 Å². The van der Waals surface area contributed by atoms with Gasteiger partial charge in [-0.2, -0.15) is 0 Å². The van der Waals surface area contributed by atoms with Gasteiger partial charge in [-0.05, 0) is 6.42 Å². The van der Waals surface area contributed by atoms with E-state index in [1.54, 1.807) is 0 Å². The van der Waals surface area contributed by atoms with E-state index >= 15 is 0 Å². The van der Waals surface area contributed by atoms with Crippen molar-refractivity contribution in [2.75, 3.05) is 0 Å². The number of carbonyl (C=O) groups excluding carboxylic acids is 1. The molecule has 0 amide bonds. The Morgan fingerprint density at radius 1 is 1.18 bits per heavy atom. The third-order valence-electron chi connectivity index (χ3n) is 0.772. The van der Waals surface area contributed by atoms with E-state index in [0.717, 1.165) is 12.8 Å². The minimum atomic E-state index is -1.59. The van der Waals surface area contributed by atoms with Crippen LogP contribution in [0, 0.1) is 12.8 Å². The maximum atomic E-state index is 10.2. The van der Waals surface area contributed by atoms with Crippen LogP contribution in [0.2, 0.25) is 0 Å². The average molecular weight is 158 g/mol. The first kappa shape index (κ1) is 9.61. The normalized spacial score (nSPS) is 9.09. The van der Waals surface area contributed by atoms with E-state index in [2.05, 4.69) is 0 Å². The summed E-state index contributed by atoms with van der Waals surface area (Å²) < 4.78 is 0. The molecule has 0 atom stereocenters. The molecule has 11 heavy (non-hydrogen) atoms. The van der Waals surface area contributed by atoms with Gasteiger partial charge in [0.05, 0.1) is 0 Å². The molecule has 0 spiro atoms. The molecule has 0 saturated heterocycles. The molecule has 0 unspecified atom stereocenters. The Morgan fingerprint density at radius 2 is 1.73 bits per heavy atom. The second kappa shape index (κ2) is 4.43. The third-order valence-corrected chi connectivity index (χ3v) is 0.772. The fraction of sp³-hybridized carbons (Fsp3) is 0.167. The number of aliphatic carboxylic acids is 2. The zero-order valence-electron chi connectivity index (χ0n) is 5.48. The molecule has 0 aromatic heterocycles. The molecule has 2 radical (unpaired) electrons. The number of carboxylic acid groups (broad SMARTS) is 2. The largest absolute Gasteiger partial charge is 0.481 e. The number of carboxylic acids is 2. The van der Waals surface area contributed by atoms with E-state index in [4.69, 9.17) is 10.2 Å². The molecule has 0 bridgehead atoms. The Labute approximate surface area is 62.6 Å². The second-order valence-corrected chi connectivity index (χ2v) is 1.67. The smallest absolute Gasteiger partial charge is 0.372 e. The molecule has 0 aliphatic heterocycles. The molecule has 0 aliphatic carbocycles. The summed E-state index contributed by atoms with van der Waals surface area (Å²) in [6.07, 6.45) is 1.36. The summed E-state index contributed by atoms with van der Waals surface area (Å²) in [5, 5.41) is 16.1. The van der Waals surface area contributed by atoms with Gasteiger partial charge < -0.3 is 10.2 Å². The van der Waals surface area contributed by atoms with Gasteiger partial charge in [-0.25, -0.2) is 4.79 Å². The van der Waals surface area contributed by atoms with Crippen molar-refractivity contribution in [3.05, 3.63) is 12.8 Å². The van der Waals surface area contributed by atoms with Crippen LogP contribution in [0.1, 0.15) is 6.42 Å². The Kier molecular flexibility index (Phi) is 3.87. The summed E-state index contributed by atoms with van der Waals surface area (Å²) in [5.41, 5.74) is 0. The van der Waals surface area contributed by atoms with Crippen molar-refractivity contribution in [2.24, 2.45) is 0 Å². The topological polar surface area (TPSA) is 91.7 Å². The van der Waals surface area contributed by atoms with Crippen LogP contribution in [0.3, 0.4) is 0 Å². The van der Waals surface area contributed by atoms with E-state index in [1.807, 2.05) is 0 Å². The highest BCUT2D eigenvalue weighted by Gasteiger charge is 2.11. The van der Waals surface area contributed by atoms with Gasteiger partial charge in [-0.3, -0.25) is 9.59 Å². The van der Waals surface area contributed by atoms with Crippen LogP contribution in [0.5, 0.6) is 0 Å². The SMILES string of the molecule is O=C(O)C[CH][CH]C(=O)C(=O)O. The Bertz CT molecular complexity index is 183. The Balaban J connectivity index is 3.47. The third kappa shape index (κ3) is 5.07. The molecule has 0 fully saturated rings. The molecule has 0 aliphatic rings. The van der Waals surface area contributed by atoms with Crippen molar-refractivity contribution in [2.45, 2.75) is 6.42 Å². The van der Waals surface area contributed by atoms with Crippen LogP contribution < -0.4 is 0 Å². The average Bonchev–Trinajstić information content (AvgIpc) is 1.86. The van der Waals surface area contributed by atoms with Gasteiger partial charge in [-0.1, -0.05) is 0 Å². The first-order chi connectivity index (χ1) is 5.04. The van der Waals surface area contributed by atoms with Crippen LogP contribution in [0.15, 0.2) is 0 Å². The highest BCUT2D eigenvalue weighted by Crippen LogP contribution is 1.93. The molecule has 5 heteroatoms. The van der Waals surface area contributed by atoms with Gasteiger partial charge in [0.25, 0.3) is 0 Å². The van der Waals surface area contributed by atoms with Gasteiger partial charge in [0.1, 0.15) is 0 Å². The van der Waals surface area contributed by atoms with Crippen molar-refractivity contribution < 1.29 is 24.6 Å². The van der Waals surface area contributed by atoms with Crippen LogP contribution in [-0.4, -0.2) is 27.9 Å². The predicted molar refractivity (Wildman–Crippen MR) is 33.5 cm³/mol. The molecule has 0 heterocycles. The molecule has 0 saturated carbocycles. The van der Waals surface area contributed by atoms with Crippen LogP contribution in [0.25, 0.3) is 0 Å². The number of hydrogen-bond acceptors (Lipinski definition) is 3. The molecule has 5 nitrogen and oxygen atoms in total. The lowest BCUT2D eigenvalue weighted by Gasteiger charge is -1.90. The number of rotatable bonds is 5. The lowest BCUT2D eigenvalue weighted by Crippen LogP contribution is -2.13. The quantitative estimate of drug-likeness (QED) is 0.527. The molecule has 0 aromatic carbocycles. The van der Waals surface area contributed by atoms with Crippen molar-refractivity contribution in [3.63, 3.8) is 0 Å². The van der Waals surface area contributed by atoms with Gasteiger partial charge >= 0.3 is 11.9 Å². The van der Waals surface area contributed by atoms with Gasteiger partial charge in [0.15, 0.2) is 0 Å². The zero-order valence-corrected chi connectivity index (χ0v) is 5.48. The van der Waals surface area contributed by atoms with Gasteiger partial charge in [0.2, 0.25) is 5.78 Å². The van der Waals surface area contributed by atoms with Crippen LogP contribution in [0.4, 0.5) is 0 Å². The summed E-state index contributed by atoms with van der Waals surface area (Å²) in [6.45, 7) is 0. The summed E-state index contributed by atoms with van der Waals surface area (Å²) in [7, 11) is 0. The van der Waals surface area contributed by atoms with Crippen LogP contribution in [-0.2, 0) is 14.4 Å². The fourth-order valence-corrected chi connectivity index (χ4v) is 0.338. The number of carbonyl (C=O) groups is 3. The predicted octanol–water partition coefficient (Wildman–Crippen LogP) is -0.477. The molecule has 2 N–H and O–H groups in total. The summed E-state index contributed by atoms with van der Waals surface area (Å²) in [4.78, 5) is 29.9. The Morgan fingerprint density at radius 3 is 2.09 bits per heavy atom. The lowest BCUT2D eigenvalue weighted by atomic mass is 10.2. The molecule has 60 valence electrons. The van der Waals surface area contributed by atoms with Gasteiger partial charge in [-0.15, -0.1) is 0 Å². The van der Waals surface area contributed by atoms with Gasteiger partial charge in [0, 0.05) is 12.8 Å². The van der Waals surface area contributed by atoms with E-state index in [1.165, 1.54) is 0 Å². The van der Waals surface area contributed by atoms with E-state index in [-0.39, 0.29) is 6.42 Å². The van der Waals surface area contributed by atoms with E-state index in [0.29, 0.717) is 0 Å². The monoisotopic (exact) mass is 158 g/mol. The molecule has 0 rings (SSSR count). The number of Topliss-reactive ketones (excluding diaryl/α,β-unsaturated/α-hetero) is 1. The minimum Gasteiger partial charge on any atom is -0.481 e. The zero-order chi connectivity index (χ0) is 8.85. The minimum absolute atomic E-state index is 0.348. The first-order valence-corrected chi connectivity index (χ1v) is 2.69. The second-order valence-electron chi connectivity index (χ2n) is 1.67. The van der Waals surface area contributed by atoms with E-state index in [9.17, 15) is 14.4 Å². The summed E-state index contributed by atoms with van der Waals surface area (Å²) in [6, 6.07) is 0. The fourth-order valence-electron chi connectivity index (χ4n) is 0.338. The van der Waals surface area contributed by atoms with Crippen LogP contribution >= 0.6 is 0 Å². The highest BCUT2D eigenvalue weighted by molar-refractivity contribution is 6.36. The molecular weight excluding hydrogens is 152 g/mol. The van der Waals surface area contributed by atoms with Crippen molar-refractivity contribution in [1.82, 2.24) is 0 Å². The first-order valence-electron chi connectivity index (χ1n) is 2.69. The summed E-state index contributed by atoms with van der Waals surface area (Å²) in [5.74, 6) is -3.82. The highest BCUT2D eigenvalue weighted by atomic mass is 16.4. The lowest BCUT2D eigenvalue weighted by molar-refractivity contribution is -0.147. The maximum Gasteiger partial charge on any atom is 0.372 e. The van der Waals surface area contributed by atoms with Crippen molar-refractivity contribution >= 4 is 17.7 Å².